The molecule has 0 aliphatic carbocycles. The Hall–Kier alpha value is -4.30. The number of rotatable bonds is 12. The van der Waals surface area contributed by atoms with Gasteiger partial charge in [-0.05, 0) is 48.5 Å². The number of nitrogens with one attached hydrogen (secondary N) is 1. The van der Waals surface area contributed by atoms with Crippen molar-refractivity contribution in [2.45, 2.75) is 18.7 Å². The number of para-hydroxylation sites is 1. The van der Waals surface area contributed by atoms with Crippen molar-refractivity contribution < 1.29 is 27.5 Å². The van der Waals surface area contributed by atoms with E-state index in [-0.39, 0.29) is 15.6 Å². The molecule has 3 aromatic carbocycles. The first-order valence-corrected chi connectivity index (χ1v) is 17.0. The van der Waals surface area contributed by atoms with Gasteiger partial charge in [0.05, 0.1) is 27.0 Å². The average molecular weight is 745 g/mol. The molecule has 0 aliphatic heterocycles. The van der Waals surface area contributed by atoms with E-state index in [1.54, 1.807) is 44.9 Å². The number of carbonyl (C=O) groups is 3. The molecule has 0 spiro atoms. The molecule has 47 heavy (non-hydrogen) atoms. The number of ether oxygens (including phenoxy) is 1. The smallest absolute Gasteiger partial charge is 0.331 e. The van der Waals surface area contributed by atoms with Crippen molar-refractivity contribution in [3.8, 4) is 16.9 Å². The molecule has 0 atom stereocenters. The summed E-state index contributed by atoms with van der Waals surface area (Å²) in [5, 5.41) is 7.36. The molecule has 2 amide bonds. The summed E-state index contributed by atoms with van der Waals surface area (Å²) in [6.45, 7) is 3.46. The first kappa shape index (κ1) is 37.2. The van der Waals surface area contributed by atoms with Gasteiger partial charge in [0, 0.05) is 55.1 Å². The van der Waals surface area contributed by atoms with Crippen molar-refractivity contribution in [1.82, 2.24) is 19.0 Å². The molecule has 14 heteroatoms. The van der Waals surface area contributed by atoms with Crippen LogP contribution in [0, 0.1) is 0 Å². The van der Waals surface area contributed by atoms with Crippen LogP contribution in [0.5, 0.6) is 0 Å². The molecule has 1 aromatic heterocycles. The summed E-state index contributed by atoms with van der Waals surface area (Å²) >= 11 is 9.62. The van der Waals surface area contributed by atoms with E-state index >= 15 is 0 Å². The molecule has 0 aliphatic rings. The van der Waals surface area contributed by atoms with Gasteiger partial charge in [-0.15, -0.1) is 0 Å². The molecule has 0 saturated carbocycles. The number of halogens is 2. The topological polar surface area (TPSA) is 131 Å². The molecule has 0 bridgehead atoms. The van der Waals surface area contributed by atoms with Crippen LogP contribution >= 0.6 is 27.5 Å². The lowest BCUT2D eigenvalue weighted by molar-refractivity contribution is -0.142. The van der Waals surface area contributed by atoms with Crippen molar-refractivity contribution in [3.05, 3.63) is 100 Å². The summed E-state index contributed by atoms with van der Waals surface area (Å²) < 4.78 is 34.7. The largest absolute Gasteiger partial charge is 0.452 e. The Morgan fingerprint density at radius 1 is 1.02 bits per heavy atom. The highest BCUT2D eigenvalue weighted by molar-refractivity contribution is 9.10. The normalized spacial score (nSPS) is 11.1. The third-order valence-corrected chi connectivity index (χ3v) is 9.30. The first-order valence-electron chi connectivity index (χ1n) is 14.4. The van der Waals surface area contributed by atoms with E-state index in [1.165, 1.54) is 33.5 Å². The van der Waals surface area contributed by atoms with Crippen molar-refractivity contribution in [3.63, 3.8) is 0 Å². The van der Waals surface area contributed by atoms with Gasteiger partial charge in [0.2, 0.25) is 16.4 Å². The van der Waals surface area contributed by atoms with Crippen LogP contribution in [0.15, 0.2) is 94.4 Å². The lowest BCUT2D eigenvalue weighted by Crippen LogP contribution is -2.30. The Balaban J connectivity index is 0.00000111. The fourth-order valence-corrected chi connectivity index (χ4v) is 5.97. The number of carbonyl (C=O) groups excluding carboxylic acids is 3. The number of benzene rings is 3. The number of esters is 1. The van der Waals surface area contributed by atoms with Gasteiger partial charge in [0.15, 0.2) is 6.61 Å². The van der Waals surface area contributed by atoms with E-state index in [0.29, 0.717) is 24.3 Å². The van der Waals surface area contributed by atoms with Gasteiger partial charge in [-0.3, -0.25) is 9.59 Å². The minimum absolute atomic E-state index is 0.0107. The fourth-order valence-electron chi connectivity index (χ4n) is 4.06. The van der Waals surface area contributed by atoms with Crippen molar-refractivity contribution in [1.29, 1.82) is 0 Å². The summed E-state index contributed by atoms with van der Waals surface area (Å²) in [5.74, 6) is -1.42. The van der Waals surface area contributed by atoms with E-state index in [2.05, 4.69) is 21.2 Å². The van der Waals surface area contributed by atoms with Crippen LogP contribution in [0.3, 0.4) is 0 Å². The first-order chi connectivity index (χ1) is 22.4. The zero-order valence-electron chi connectivity index (χ0n) is 26.3. The highest BCUT2D eigenvalue weighted by atomic mass is 79.9. The minimum atomic E-state index is -3.76. The van der Waals surface area contributed by atoms with Gasteiger partial charge >= 0.3 is 5.97 Å². The van der Waals surface area contributed by atoms with Gasteiger partial charge in [0.25, 0.3) is 5.91 Å². The van der Waals surface area contributed by atoms with Crippen molar-refractivity contribution in [2.75, 3.05) is 39.1 Å². The highest BCUT2D eigenvalue weighted by Crippen LogP contribution is 2.28. The molecular formula is C33H35BrClN5O6S. The molecule has 248 valence electrons. The fraction of sp³-hybridized carbons (Fsp3) is 0.212. The molecule has 1 N–H and O–H groups in total. The van der Waals surface area contributed by atoms with Crippen molar-refractivity contribution in [2.24, 2.45) is 0 Å². The lowest BCUT2D eigenvalue weighted by atomic mass is 10.1. The number of nitrogens with zero attached hydrogens (tertiary/aromatic N) is 4. The molecular weight excluding hydrogens is 710 g/mol. The van der Waals surface area contributed by atoms with Crippen LogP contribution in [0.1, 0.15) is 19.4 Å². The number of anilines is 1. The van der Waals surface area contributed by atoms with Gasteiger partial charge in [-0.1, -0.05) is 71.7 Å². The quantitative estimate of drug-likeness (QED) is 0.109. The summed E-state index contributed by atoms with van der Waals surface area (Å²) in [6, 6.07) is 21.2. The maximum Gasteiger partial charge on any atom is 0.331 e. The zero-order valence-corrected chi connectivity index (χ0v) is 29.4. The van der Waals surface area contributed by atoms with Crippen LogP contribution in [0.2, 0.25) is 5.02 Å². The Labute approximate surface area is 288 Å². The van der Waals surface area contributed by atoms with E-state index in [4.69, 9.17) is 21.4 Å². The number of hydrogen-bond donors (Lipinski definition) is 1. The SMILES string of the molecule is CCN(CC)S(=O)(=O)c1ccc(Cl)c(NC(=O)COC(=O)/C=C/c2cn(-c3ccccc3)nc2-c2ccc(Br)cc2)c1.CN(C)C=O. The van der Waals surface area contributed by atoms with E-state index in [0.717, 1.165) is 22.1 Å². The van der Waals surface area contributed by atoms with Gasteiger partial charge < -0.3 is 15.0 Å². The minimum Gasteiger partial charge on any atom is -0.452 e. The summed E-state index contributed by atoms with van der Waals surface area (Å²) in [6.07, 6.45) is 5.33. The molecule has 4 rings (SSSR count). The van der Waals surface area contributed by atoms with Gasteiger partial charge in [0.1, 0.15) is 0 Å². The summed E-state index contributed by atoms with van der Waals surface area (Å²) in [4.78, 5) is 35.9. The third-order valence-electron chi connectivity index (χ3n) is 6.39. The molecule has 11 nitrogen and oxygen atoms in total. The third kappa shape index (κ3) is 10.6. The number of aromatic nitrogens is 2. The number of sulfonamides is 1. The van der Waals surface area contributed by atoms with Crippen LogP contribution in [0.4, 0.5) is 5.69 Å². The molecule has 4 aromatic rings. The Kier molecular flexibility index (Phi) is 13.9. The second-order valence-corrected chi connectivity index (χ2v) is 13.3. The monoisotopic (exact) mass is 743 g/mol. The summed E-state index contributed by atoms with van der Waals surface area (Å²) in [5.41, 5.74) is 3.11. The predicted octanol–water partition coefficient (Wildman–Crippen LogP) is 5.89. The molecule has 0 fully saturated rings. The molecule has 1 heterocycles. The van der Waals surface area contributed by atoms with Crippen LogP contribution in [-0.4, -0.2) is 79.5 Å². The lowest BCUT2D eigenvalue weighted by Gasteiger charge is -2.19. The molecule has 0 saturated heterocycles. The summed E-state index contributed by atoms with van der Waals surface area (Å²) in [7, 11) is -0.383. The Bertz CT molecular complexity index is 1810. The second-order valence-electron chi connectivity index (χ2n) is 10.0. The predicted molar refractivity (Wildman–Crippen MR) is 187 cm³/mol. The molecule has 0 radical (unpaired) electrons. The van der Waals surface area contributed by atoms with Crippen LogP contribution in [0.25, 0.3) is 23.0 Å². The zero-order chi connectivity index (χ0) is 34.6. The van der Waals surface area contributed by atoms with Gasteiger partial charge in [-0.25, -0.2) is 17.9 Å². The molecule has 0 unspecified atom stereocenters. The second kappa shape index (κ2) is 17.6. The van der Waals surface area contributed by atoms with E-state index in [9.17, 15) is 22.8 Å². The van der Waals surface area contributed by atoms with Crippen LogP contribution in [-0.2, 0) is 29.1 Å². The standard InChI is InChI=1S/C30H28BrClN4O5S.C3H7NO/c1-3-35(4-2)42(39,40)25-15-16-26(32)27(18-25)33-28(37)20-41-29(38)17-12-22-19-36(24-8-6-5-7-9-24)34-30(22)21-10-13-23(31)14-11-21;1-4(2)3-5/h5-19H,3-4,20H2,1-2H3,(H,33,37);3H,1-2H3/b17-12+;. The van der Waals surface area contributed by atoms with Crippen molar-refractivity contribution >= 4 is 67.6 Å². The van der Waals surface area contributed by atoms with Gasteiger partial charge in [-0.2, -0.15) is 9.40 Å². The van der Waals surface area contributed by atoms with E-state index < -0.39 is 28.5 Å². The van der Waals surface area contributed by atoms with E-state index in [1.807, 2.05) is 54.6 Å². The Morgan fingerprint density at radius 2 is 1.66 bits per heavy atom. The average Bonchev–Trinajstić information content (AvgIpc) is 3.49. The van der Waals surface area contributed by atoms with Crippen LogP contribution < -0.4 is 5.32 Å². The number of hydrogen-bond acceptors (Lipinski definition) is 7. The highest BCUT2D eigenvalue weighted by Gasteiger charge is 2.23. The Morgan fingerprint density at radius 3 is 2.26 bits per heavy atom. The maximum absolute atomic E-state index is 12.8. The maximum atomic E-state index is 12.8. The number of amides is 2.